The third kappa shape index (κ3) is 3.19. The molecular weight excluding hydrogens is 276 g/mol. The van der Waals surface area contributed by atoms with Crippen LogP contribution < -0.4 is 5.32 Å². The first-order valence-electron chi connectivity index (χ1n) is 8.67. The summed E-state index contributed by atoms with van der Waals surface area (Å²) in [5, 5.41) is 5.29. The fourth-order valence-corrected chi connectivity index (χ4v) is 5.24. The van der Waals surface area contributed by atoms with Crippen molar-refractivity contribution in [3.63, 3.8) is 0 Å². The maximum atomic E-state index is 5.10. The van der Waals surface area contributed by atoms with Crippen molar-refractivity contribution in [1.82, 2.24) is 10.3 Å². The lowest BCUT2D eigenvalue weighted by atomic mass is 9.69. The molecule has 0 aliphatic heterocycles. The topological polar surface area (TPSA) is 24.9 Å². The van der Waals surface area contributed by atoms with Gasteiger partial charge < -0.3 is 5.32 Å². The van der Waals surface area contributed by atoms with Crippen LogP contribution in [0.2, 0.25) is 0 Å². The van der Waals surface area contributed by atoms with Crippen molar-refractivity contribution in [2.24, 2.45) is 5.41 Å². The van der Waals surface area contributed by atoms with E-state index in [1.807, 2.05) is 11.3 Å². The third-order valence-corrected chi connectivity index (χ3v) is 6.64. The normalized spacial score (nSPS) is 24.0. The van der Waals surface area contributed by atoms with Gasteiger partial charge in [0, 0.05) is 10.9 Å². The fraction of sp³-hybridized carbons (Fsp3) is 0.833. The van der Waals surface area contributed by atoms with Gasteiger partial charge in [-0.05, 0) is 70.6 Å². The molecule has 0 spiro atoms. The lowest BCUT2D eigenvalue weighted by molar-refractivity contribution is 0.126. The summed E-state index contributed by atoms with van der Waals surface area (Å²) >= 11 is 2.01. The first-order chi connectivity index (χ1) is 9.90. The zero-order chi connectivity index (χ0) is 15.1. The summed E-state index contributed by atoms with van der Waals surface area (Å²) in [6, 6.07) is 0.521. The van der Waals surface area contributed by atoms with Gasteiger partial charge in [-0.15, -0.1) is 11.3 Å². The van der Waals surface area contributed by atoms with Crippen molar-refractivity contribution in [2.75, 3.05) is 0 Å². The minimum Gasteiger partial charge on any atom is -0.303 e. The Hall–Kier alpha value is -0.410. The SMILES string of the molecule is CC(C)NC1(c2nc3c(s2)CCCC3)CCC(C)(C)CC1. The molecule has 1 aromatic rings. The number of nitrogens with zero attached hydrogens (tertiary/aromatic N) is 1. The summed E-state index contributed by atoms with van der Waals surface area (Å²) in [4.78, 5) is 6.68. The second-order valence-electron chi connectivity index (χ2n) is 8.14. The molecular formula is C18H30N2S. The first-order valence-corrected chi connectivity index (χ1v) is 9.49. The zero-order valence-corrected chi connectivity index (χ0v) is 14.9. The number of hydrogen-bond acceptors (Lipinski definition) is 3. The van der Waals surface area contributed by atoms with Crippen molar-refractivity contribution in [3.8, 4) is 0 Å². The van der Waals surface area contributed by atoms with Gasteiger partial charge in [-0.1, -0.05) is 13.8 Å². The quantitative estimate of drug-likeness (QED) is 0.866. The molecule has 21 heavy (non-hydrogen) atoms. The molecule has 0 bridgehead atoms. The number of nitrogens with one attached hydrogen (secondary N) is 1. The summed E-state index contributed by atoms with van der Waals surface area (Å²) in [6.07, 6.45) is 10.2. The Morgan fingerprint density at radius 2 is 1.71 bits per heavy atom. The Morgan fingerprint density at radius 3 is 2.33 bits per heavy atom. The predicted molar refractivity (Wildman–Crippen MR) is 91.0 cm³/mol. The summed E-state index contributed by atoms with van der Waals surface area (Å²) < 4.78 is 0. The molecule has 1 saturated carbocycles. The van der Waals surface area contributed by atoms with Crippen LogP contribution in [0.3, 0.4) is 0 Å². The van der Waals surface area contributed by atoms with Crippen LogP contribution in [0.1, 0.15) is 81.8 Å². The van der Waals surface area contributed by atoms with Gasteiger partial charge in [0.15, 0.2) is 0 Å². The lowest BCUT2D eigenvalue weighted by Gasteiger charge is -2.44. The van der Waals surface area contributed by atoms with E-state index >= 15 is 0 Å². The van der Waals surface area contributed by atoms with E-state index in [2.05, 4.69) is 33.0 Å². The van der Waals surface area contributed by atoms with Crippen molar-refractivity contribution < 1.29 is 0 Å². The maximum Gasteiger partial charge on any atom is 0.113 e. The number of aryl methyl sites for hydroxylation is 2. The molecule has 1 aromatic heterocycles. The molecule has 1 N–H and O–H groups in total. The van der Waals surface area contributed by atoms with Crippen LogP contribution in [0.25, 0.3) is 0 Å². The third-order valence-electron chi connectivity index (χ3n) is 5.28. The average Bonchev–Trinajstić information content (AvgIpc) is 2.85. The van der Waals surface area contributed by atoms with Crippen LogP contribution in [0.15, 0.2) is 0 Å². The standard InChI is InChI=1S/C18H30N2S/c1-13(2)20-18(11-9-17(3,4)10-12-18)16-19-14-7-5-6-8-15(14)21-16/h13,20H,5-12H2,1-4H3. The molecule has 0 amide bonds. The summed E-state index contributed by atoms with van der Waals surface area (Å²) in [7, 11) is 0. The van der Waals surface area contributed by atoms with E-state index in [0.717, 1.165) is 0 Å². The van der Waals surface area contributed by atoms with E-state index in [0.29, 0.717) is 11.5 Å². The van der Waals surface area contributed by atoms with Gasteiger partial charge in [0.25, 0.3) is 0 Å². The molecule has 2 aliphatic carbocycles. The van der Waals surface area contributed by atoms with E-state index in [4.69, 9.17) is 4.98 Å². The minimum atomic E-state index is 0.145. The maximum absolute atomic E-state index is 5.10. The van der Waals surface area contributed by atoms with Crippen LogP contribution >= 0.6 is 11.3 Å². The van der Waals surface area contributed by atoms with Gasteiger partial charge in [0.2, 0.25) is 0 Å². The Morgan fingerprint density at radius 1 is 1.05 bits per heavy atom. The molecule has 3 rings (SSSR count). The zero-order valence-electron chi connectivity index (χ0n) is 14.1. The van der Waals surface area contributed by atoms with Crippen LogP contribution in [0.4, 0.5) is 0 Å². The van der Waals surface area contributed by atoms with Crippen LogP contribution in [-0.2, 0) is 18.4 Å². The van der Waals surface area contributed by atoms with Gasteiger partial charge in [-0.25, -0.2) is 4.98 Å². The van der Waals surface area contributed by atoms with E-state index in [1.54, 1.807) is 4.88 Å². The highest BCUT2D eigenvalue weighted by Gasteiger charge is 2.42. The summed E-state index contributed by atoms with van der Waals surface area (Å²) in [5.41, 5.74) is 2.06. The van der Waals surface area contributed by atoms with Crippen LogP contribution in [0, 0.1) is 5.41 Å². The van der Waals surface area contributed by atoms with Crippen molar-refractivity contribution in [1.29, 1.82) is 0 Å². The molecule has 0 radical (unpaired) electrons. The number of fused-ring (bicyclic) bond motifs is 1. The molecule has 0 unspecified atom stereocenters. The number of thiazole rings is 1. The second kappa shape index (κ2) is 5.66. The minimum absolute atomic E-state index is 0.145. The molecule has 118 valence electrons. The predicted octanol–water partition coefficient (Wildman–Crippen LogP) is 4.82. The molecule has 0 saturated heterocycles. The smallest absolute Gasteiger partial charge is 0.113 e. The number of aromatic nitrogens is 1. The molecule has 0 atom stereocenters. The molecule has 2 aliphatic rings. The highest BCUT2D eigenvalue weighted by molar-refractivity contribution is 7.11. The van der Waals surface area contributed by atoms with Crippen LogP contribution in [0.5, 0.6) is 0 Å². The summed E-state index contributed by atoms with van der Waals surface area (Å²) in [5.74, 6) is 0. The monoisotopic (exact) mass is 306 g/mol. The Balaban J connectivity index is 1.90. The highest BCUT2D eigenvalue weighted by atomic mass is 32.1. The number of rotatable bonds is 3. The van der Waals surface area contributed by atoms with Gasteiger partial charge in [-0.2, -0.15) is 0 Å². The van der Waals surface area contributed by atoms with Crippen molar-refractivity contribution >= 4 is 11.3 Å². The van der Waals surface area contributed by atoms with Crippen LogP contribution in [-0.4, -0.2) is 11.0 Å². The molecule has 2 nitrogen and oxygen atoms in total. The Bertz CT molecular complexity index is 468. The Labute approximate surface area is 133 Å². The average molecular weight is 307 g/mol. The largest absolute Gasteiger partial charge is 0.303 e. The van der Waals surface area contributed by atoms with E-state index in [1.165, 1.54) is 62.1 Å². The van der Waals surface area contributed by atoms with E-state index in [9.17, 15) is 0 Å². The van der Waals surface area contributed by atoms with Gasteiger partial charge >= 0.3 is 0 Å². The van der Waals surface area contributed by atoms with Gasteiger partial charge in [-0.3, -0.25) is 0 Å². The highest BCUT2D eigenvalue weighted by Crippen LogP contribution is 2.47. The second-order valence-corrected chi connectivity index (χ2v) is 9.22. The Kier molecular flexibility index (Phi) is 4.17. The molecule has 0 aromatic carbocycles. The van der Waals surface area contributed by atoms with Crippen molar-refractivity contribution in [2.45, 2.75) is 90.6 Å². The van der Waals surface area contributed by atoms with E-state index < -0.39 is 0 Å². The molecule has 1 fully saturated rings. The van der Waals surface area contributed by atoms with E-state index in [-0.39, 0.29) is 5.54 Å². The van der Waals surface area contributed by atoms with Crippen molar-refractivity contribution in [3.05, 3.63) is 15.6 Å². The van der Waals surface area contributed by atoms with Gasteiger partial charge in [0.05, 0.1) is 11.2 Å². The summed E-state index contributed by atoms with van der Waals surface area (Å²) in [6.45, 7) is 9.38. The molecule has 1 heterocycles. The molecule has 3 heteroatoms. The number of hydrogen-bond donors (Lipinski definition) is 1. The lowest BCUT2D eigenvalue weighted by Crippen LogP contribution is -2.49. The first kappa shape index (κ1) is 15.5. The van der Waals surface area contributed by atoms with Gasteiger partial charge in [0.1, 0.15) is 5.01 Å². The fourth-order valence-electron chi connectivity index (χ4n) is 3.88.